The lowest BCUT2D eigenvalue weighted by Gasteiger charge is -2.07. The molecule has 0 aliphatic heterocycles. The van der Waals surface area contributed by atoms with Crippen molar-refractivity contribution in [2.45, 2.75) is 6.92 Å². The molecule has 1 rings (SSSR count). The third kappa shape index (κ3) is 3.64. The maximum Gasteiger partial charge on any atom is 0.325 e. The van der Waals surface area contributed by atoms with Crippen LogP contribution in [0.1, 0.15) is 12.5 Å². The van der Waals surface area contributed by atoms with Gasteiger partial charge in [-0.05, 0) is 6.92 Å². The maximum atomic E-state index is 13.4. The maximum absolute atomic E-state index is 13.4. The number of halogens is 1. The fourth-order valence-electron chi connectivity index (χ4n) is 1.32. The van der Waals surface area contributed by atoms with Gasteiger partial charge in [0, 0.05) is 12.1 Å². The first-order valence-corrected chi connectivity index (χ1v) is 5.27. The van der Waals surface area contributed by atoms with Gasteiger partial charge in [0.2, 0.25) is 0 Å². The molecule has 0 aromatic heterocycles. The Bertz CT molecular complexity index is 554. The Morgan fingerprint density at radius 2 is 2.32 bits per heavy atom. The second-order valence-electron chi connectivity index (χ2n) is 3.38. The van der Waals surface area contributed by atoms with E-state index in [1.807, 2.05) is 0 Å². The Morgan fingerprint density at radius 1 is 1.63 bits per heavy atom. The number of hydrogen-bond donors (Lipinski definition) is 1. The number of carbonyl (C=O) groups excluding carboxylic acids is 1. The summed E-state index contributed by atoms with van der Waals surface area (Å²) in [7, 11) is 0. The van der Waals surface area contributed by atoms with Gasteiger partial charge >= 0.3 is 5.97 Å². The molecule has 0 aliphatic carbocycles. The molecule has 8 heteroatoms. The fraction of sp³-hybridized carbons (Fsp3) is 0.273. The molecule has 0 atom stereocenters. The van der Waals surface area contributed by atoms with Crippen LogP contribution >= 0.6 is 0 Å². The second-order valence-corrected chi connectivity index (χ2v) is 3.38. The van der Waals surface area contributed by atoms with Crippen molar-refractivity contribution in [3.8, 4) is 6.07 Å². The van der Waals surface area contributed by atoms with Crippen LogP contribution in [0, 0.1) is 27.3 Å². The van der Waals surface area contributed by atoms with E-state index in [1.54, 1.807) is 6.92 Å². The van der Waals surface area contributed by atoms with E-state index in [9.17, 15) is 19.3 Å². The minimum Gasteiger partial charge on any atom is -0.465 e. The minimum atomic E-state index is -0.903. The average Bonchev–Trinajstić information content (AvgIpc) is 2.36. The summed E-state index contributed by atoms with van der Waals surface area (Å²) in [5.74, 6) is -1.53. The topological polar surface area (TPSA) is 105 Å². The van der Waals surface area contributed by atoms with Crippen molar-refractivity contribution < 1.29 is 18.8 Å². The van der Waals surface area contributed by atoms with Crippen molar-refractivity contribution in [3.05, 3.63) is 33.6 Å². The highest BCUT2D eigenvalue weighted by molar-refractivity contribution is 5.77. The molecule has 0 bridgehead atoms. The molecule has 1 N–H and O–H groups in total. The summed E-state index contributed by atoms with van der Waals surface area (Å²) in [5.41, 5.74) is -1.11. The number of hydrogen-bond acceptors (Lipinski definition) is 6. The van der Waals surface area contributed by atoms with Gasteiger partial charge in [-0.25, -0.2) is 4.39 Å². The van der Waals surface area contributed by atoms with Crippen molar-refractivity contribution in [2.75, 3.05) is 18.5 Å². The highest BCUT2D eigenvalue weighted by atomic mass is 19.1. The van der Waals surface area contributed by atoms with Gasteiger partial charge in [-0.1, -0.05) is 0 Å². The van der Waals surface area contributed by atoms with Crippen LogP contribution in [0.3, 0.4) is 0 Å². The van der Waals surface area contributed by atoms with E-state index in [4.69, 9.17) is 5.26 Å². The van der Waals surface area contributed by atoms with E-state index in [-0.39, 0.29) is 18.8 Å². The zero-order chi connectivity index (χ0) is 14.4. The number of nitrogens with zero attached hydrogens (tertiary/aromatic N) is 2. The zero-order valence-electron chi connectivity index (χ0n) is 9.97. The summed E-state index contributed by atoms with van der Waals surface area (Å²) in [5, 5.41) is 21.8. The van der Waals surface area contributed by atoms with E-state index in [1.165, 1.54) is 6.07 Å². The molecule has 1 aromatic carbocycles. The number of nitriles is 1. The third-order valence-corrected chi connectivity index (χ3v) is 2.13. The van der Waals surface area contributed by atoms with Gasteiger partial charge in [-0.3, -0.25) is 14.9 Å². The predicted molar refractivity (Wildman–Crippen MR) is 62.9 cm³/mol. The third-order valence-electron chi connectivity index (χ3n) is 2.13. The normalized spacial score (nSPS) is 9.53. The second kappa shape index (κ2) is 6.30. The summed E-state index contributed by atoms with van der Waals surface area (Å²) in [6, 6.07) is 3.11. The lowest BCUT2D eigenvalue weighted by molar-refractivity contribution is -0.384. The fourth-order valence-corrected chi connectivity index (χ4v) is 1.32. The Labute approximate surface area is 107 Å². The van der Waals surface area contributed by atoms with Gasteiger partial charge in [0.25, 0.3) is 5.69 Å². The van der Waals surface area contributed by atoms with Crippen molar-refractivity contribution in [1.29, 1.82) is 5.26 Å². The number of ether oxygens (including phenoxy) is 1. The van der Waals surface area contributed by atoms with Crippen molar-refractivity contribution >= 4 is 17.3 Å². The lowest BCUT2D eigenvalue weighted by Crippen LogP contribution is -2.17. The van der Waals surface area contributed by atoms with E-state index < -0.39 is 28.0 Å². The van der Waals surface area contributed by atoms with E-state index in [2.05, 4.69) is 10.1 Å². The molecule has 0 aliphatic rings. The molecule has 0 saturated carbocycles. The number of benzene rings is 1. The van der Waals surface area contributed by atoms with E-state index >= 15 is 0 Å². The number of nitro groups is 1. The molecule has 100 valence electrons. The first-order chi connectivity index (χ1) is 8.99. The van der Waals surface area contributed by atoms with E-state index in [0.717, 1.165) is 12.1 Å². The average molecular weight is 267 g/mol. The molecule has 0 saturated heterocycles. The van der Waals surface area contributed by atoms with Crippen LogP contribution in [0.25, 0.3) is 0 Å². The van der Waals surface area contributed by atoms with Gasteiger partial charge in [0.15, 0.2) is 0 Å². The first-order valence-electron chi connectivity index (χ1n) is 5.27. The summed E-state index contributed by atoms with van der Waals surface area (Å²) >= 11 is 0. The first kappa shape index (κ1) is 14.4. The Balaban J connectivity index is 3.00. The van der Waals surface area contributed by atoms with Crippen LogP contribution in [0.4, 0.5) is 15.8 Å². The molecule has 0 amide bonds. The van der Waals surface area contributed by atoms with Gasteiger partial charge in [-0.2, -0.15) is 5.26 Å². The SMILES string of the molecule is CCOC(=O)CNc1cc(F)c(C#N)cc1[N+](=O)[O-]. The molecular formula is C11H10FN3O4. The molecule has 0 heterocycles. The zero-order valence-corrected chi connectivity index (χ0v) is 9.97. The van der Waals surface area contributed by atoms with Crippen LogP contribution in [-0.2, 0) is 9.53 Å². The van der Waals surface area contributed by atoms with Crippen LogP contribution < -0.4 is 5.32 Å². The van der Waals surface area contributed by atoms with Gasteiger partial charge < -0.3 is 10.1 Å². The number of nitro benzene ring substituents is 1. The standard InChI is InChI=1S/C11H10FN3O4/c1-2-19-11(16)6-14-9-4-8(12)7(5-13)3-10(9)15(17)18/h3-4,14H,2,6H2,1H3. The smallest absolute Gasteiger partial charge is 0.325 e. The number of carbonyl (C=O) groups is 1. The number of esters is 1. The molecule has 0 unspecified atom stereocenters. The van der Waals surface area contributed by atoms with Crippen LogP contribution in [0.15, 0.2) is 12.1 Å². The van der Waals surface area contributed by atoms with Crippen molar-refractivity contribution in [3.63, 3.8) is 0 Å². The summed E-state index contributed by atoms with van der Waals surface area (Å²) in [6.07, 6.45) is 0. The number of anilines is 1. The molecule has 7 nitrogen and oxygen atoms in total. The van der Waals surface area contributed by atoms with Crippen LogP contribution in [0.5, 0.6) is 0 Å². The highest BCUT2D eigenvalue weighted by Crippen LogP contribution is 2.27. The van der Waals surface area contributed by atoms with Crippen LogP contribution in [0.2, 0.25) is 0 Å². The Hall–Kier alpha value is -2.69. The van der Waals surface area contributed by atoms with Gasteiger partial charge in [0.1, 0.15) is 24.1 Å². The van der Waals surface area contributed by atoms with Gasteiger partial charge in [0.05, 0.1) is 17.1 Å². The van der Waals surface area contributed by atoms with Crippen molar-refractivity contribution in [2.24, 2.45) is 0 Å². The molecule has 0 spiro atoms. The summed E-state index contributed by atoms with van der Waals surface area (Å²) in [4.78, 5) is 21.1. The monoisotopic (exact) mass is 267 g/mol. The minimum absolute atomic E-state index is 0.171. The highest BCUT2D eigenvalue weighted by Gasteiger charge is 2.19. The molecule has 0 radical (unpaired) electrons. The molecule has 1 aromatic rings. The van der Waals surface area contributed by atoms with E-state index in [0.29, 0.717) is 0 Å². The number of rotatable bonds is 5. The Kier molecular flexibility index (Phi) is 4.76. The largest absolute Gasteiger partial charge is 0.465 e. The summed E-state index contributed by atoms with van der Waals surface area (Å²) < 4.78 is 18.0. The summed E-state index contributed by atoms with van der Waals surface area (Å²) in [6.45, 7) is 1.45. The Morgan fingerprint density at radius 3 is 2.84 bits per heavy atom. The van der Waals surface area contributed by atoms with Crippen molar-refractivity contribution in [1.82, 2.24) is 0 Å². The molecule has 19 heavy (non-hydrogen) atoms. The van der Waals surface area contributed by atoms with Gasteiger partial charge in [-0.15, -0.1) is 0 Å². The molecule has 0 fully saturated rings. The number of nitrogens with one attached hydrogen (secondary N) is 1. The molecular weight excluding hydrogens is 257 g/mol. The van der Waals surface area contributed by atoms with Crippen LogP contribution in [-0.4, -0.2) is 24.0 Å². The predicted octanol–water partition coefficient (Wildman–Crippen LogP) is 1.58. The lowest BCUT2D eigenvalue weighted by atomic mass is 10.1. The quantitative estimate of drug-likeness (QED) is 0.493.